The van der Waals surface area contributed by atoms with Gasteiger partial charge in [-0.05, 0) is 55.9 Å². The molecule has 30 heavy (non-hydrogen) atoms. The standard InChI is InChI=1S/C23H27ClN4O2/c1-2-3-6-18-14-20(27-26-18)23(29)28-12-5-4-7-21(28)22-25-15-19(30-22)13-16-8-10-17(24)11-9-16/h8-11,14-15,21H,2-7,12-13H2,1H3,(H,26,27)/t21-/m0/s1. The monoisotopic (exact) mass is 426 g/mol. The van der Waals surface area contributed by atoms with Gasteiger partial charge in [-0.15, -0.1) is 0 Å². The molecule has 1 amide bonds. The lowest BCUT2D eigenvalue weighted by Crippen LogP contribution is -2.38. The number of amides is 1. The Morgan fingerprint density at radius 2 is 2.13 bits per heavy atom. The van der Waals surface area contributed by atoms with E-state index in [9.17, 15) is 4.79 Å². The van der Waals surface area contributed by atoms with E-state index in [0.29, 0.717) is 29.6 Å². The summed E-state index contributed by atoms with van der Waals surface area (Å²) in [6, 6.07) is 9.43. The summed E-state index contributed by atoms with van der Waals surface area (Å²) >= 11 is 5.96. The van der Waals surface area contributed by atoms with Crippen LogP contribution in [-0.2, 0) is 12.8 Å². The molecule has 0 aliphatic carbocycles. The number of likely N-dealkylation sites (tertiary alicyclic amines) is 1. The second kappa shape index (κ2) is 9.47. The first kappa shape index (κ1) is 20.7. The molecule has 0 saturated carbocycles. The van der Waals surface area contributed by atoms with E-state index in [0.717, 1.165) is 55.5 Å². The van der Waals surface area contributed by atoms with Crippen molar-refractivity contribution in [2.45, 2.75) is 57.9 Å². The van der Waals surface area contributed by atoms with Gasteiger partial charge in [0.15, 0.2) is 0 Å². The zero-order chi connectivity index (χ0) is 20.9. The number of benzene rings is 1. The number of carbonyl (C=O) groups excluding carboxylic acids is 1. The minimum atomic E-state index is -0.152. The first-order chi connectivity index (χ1) is 14.6. The van der Waals surface area contributed by atoms with E-state index in [1.54, 1.807) is 6.20 Å². The molecule has 0 radical (unpaired) electrons. The zero-order valence-electron chi connectivity index (χ0n) is 17.2. The first-order valence-electron chi connectivity index (χ1n) is 10.7. The van der Waals surface area contributed by atoms with E-state index in [1.807, 2.05) is 35.2 Å². The highest BCUT2D eigenvalue weighted by Gasteiger charge is 2.33. The van der Waals surface area contributed by atoms with E-state index in [-0.39, 0.29) is 11.9 Å². The third-order valence-corrected chi connectivity index (χ3v) is 5.81. The number of nitrogens with zero attached hydrogens (tertiary/aromatic N) is 3. The number of H-pyrrole nitrogens is 1. The molecule has 0 bridgehead atoms. The highest BCUT2D eigenvalue weighted by Crippen LogP contribution is 2.32. The van der Waals surface area contributed by atoms with Crippen molar-refractivity contribution < 1.29 is 9.21 Å². The van der Waals surface area contributed by atoms with Crippen molar-refractivity contribution in [3.05, 3.63) is 70.2 Å². The number of carbonyl (C=O) groups is 1. The topological polar surface area (TPSA) is 75.0 Å². The van der Waals surface area contributed by atoms with Gasteiger partial charge in [0.25, 0.3) is 5.91 Å². The fourth-order valence-corrected chi connectivity index (χ4v) is 4.03. The number of halogens is 1. The van der Waals surface area contributed by atoms with Gasteiger partial charge in [0.2, 0.25) is 5.89 Å². The normalized spacial score (nSPS) is 16.7. The van der Waals surface area contributed by atoms with Crippen LogP contribution in [0.5, 0.6) is 0 Å². The van der Waals surface area contributed by atoms with Crippen molar-refractivity contribution in [1.82, 2.24) is 20.1 Å². The molecule has 1 aromatic carbocycles. The number of aromatic amines is 1. The molecule has 1 aliphatic rings. The van der Waals surface area contributed by atoms with Crippen molar-refractivity contribution in [1.29, 1.82) is 0 Å². The van der Waals surface area contributed by atoms with Crippen LogP contribution in [0.3, 0.4) is 0 Å². The van der Waals surface area contributed by atoms with Gasteiger partial charge in [0.05, 0.1) is 6.20 Å². The number of aromatic nitrogens is 3. The fourth-order valence-electron chi connectivity index (χ4n) is 3.91. The molecule has 1 atom stereocenters. The molecule has 2 aromatic heterocycles. The molecular formula is C23H27ClN4O2. The molecule has 1 fully saturated rings. The lowest BCUT2D eigenvalue weighted by molar-refractivity contribution is 0.0564. The third-order valence-electron chi connectivity index (χ3n) is 5.56. The van der Waals surface area contributed by atoms with Gasteiger partial charge >= 0.3 is 0 Å². The van der Waals surface area contributed by atoms with E-state index < -0.39 is 0 Å². The van der Waals surface area contributed by atoms with Gasteiger partial charge < -0.3 is 9.32 Å². The highest BCUT2D eigenvalue weighted by molar-refractivity contribution is 6.30. The van der Waals surface area contributed by atoms with Crippen LogP contribution in [0.15, 0.2) is 40.9 Å². The predicted molar refractivity (Wildman–Crippen MR) is 116 cm³/mol. The summed E-state index contributed by atoms with van der Waals surface area (Å²) in [5.41, 5.74) is 2.59. The highest BCUT2D eigenvalue weighted by atomic mass is 35.5. The van der Waals surface area contributed by atoms with Crippen molar-refractivity contribution in [3.63, 3.8) is 0 Å². The van der Waals surface area contributed by atoms with Crippen molar-refractivity contribution in [3.8, 4) is 0 Å². The summed E-state index contributed by atoms with van der Waals surface area (Å²) in [5, 5.41) is 7.98. The van der Waals surface area contributed by atoms with Crippen LogP contribution < -0.4 is 0 Å². The molecule has 7 heteroatoms. The Morgan fingerprint density at radius 1 is 1.30 bits per heavy atom. The maximum atomic E-state index is 13.2. The molecular weight excluding hydrogens is 400 g/mol. The molecule has 0 unspecified atom stereocenters. The molecule has 3 heterocycles. The van der Waals surface area contributed by atoms with Gasteiger partial charge in [-0.3, -0.25) is 9.89 Å². The Morgan fingerprint density at radius 3 is 2.93 bits per heavy atom. The Labute approximate surface area is 181 Å². The average Bonchev–Trinajstić information content (AvgIpc) is 3.43. The average molecular weight is 427 g/mol. The number of oxazole rings is 1. The second-order valence-electron chi connectivity index (χ2n) is 7.86. The molecule has 158 valence electrons. The van der Waals surface area contributed by atoms with Crippen molar-refractivity contribution in [2.75, 3.05) is 6.54 Å². The van der Waals surface area contributed by atoms with Crippen molar-refractivity contribution in [2.24, 2.45) is 0 Å². The lowest BCUT2D eigenvalue weighted by atomic mass is 10.0. The molecule has 1 saturated heterocycles. The first-order valence-corrected chi connectivity index (χ1v) is 11.1. The number of nitrogens with one attached hydrogen (secondary N) is 1. The summed E-state index contributed by atoms with van der Waals surface area (Å²) in [5.74, 6) is 1.33. The quantitative estimate of drug-likeness (QED) is 0.552. The zero-order valence-corrected chi connectivity index (χ0v) is 18.0. The Bertz CT molecular complexity index is 979. The second-order valence-corrected chi connectivity index (χ2v) is 8.30. The molecule has 6 nitrogen and oxygen atoms in total. The fraction of sp³-hybridized carbons (Fsp3) is 0.435. The van der Waals surface area contributed by atoms with Crippen LogP contribution >= 0.6 is 11.6 Å². The summed E-state index contributed by atoms with van der Waals surface area (Å²) in [4.78, 5) is 19.5. The van der Waals surface area contributed by atoms with Gasteiger partial charge in [-0.2, -0.15) is 5.10 Å². The Hall–Kier alpha value is -2.60. The van der Waals surface area contributed by atoms with Crippen molar-refractivity contribution >= 4 is 17.5 Å². The van der Waals surface area contributed by atoms with E-state index >= 15 is 0 Å². The van der Waals surface area contributed by atoms with Gasteiger partial charge in [0.1, 0.15) is 17.5 Å². The van der Waals surface area contributed by atoms with Gasteiger partial charge in [0, 0.05) is 23.7 Å². The van der Waals surface area contributed by atoms with Crippen LogP contribution in [0.2, 0.25) is 5.02 Å². The number of hydrogen-bond acceptors (Lipinski definition) is 4. The summed E-state index contributed by atoms with van der Waals surface area (Å²) < 4.78 is 6.07. The Kier molecular flexibility index (Phi) is 6.53. The number of hydrogen-bond donors (Lipinski definition) is 1. The molecule has 4 rings (SSSR count). The smallest absolute Gasteiger partial charge is 0.275 e. The lowest BCUT2D eigenvalue weighted by Gasteiger charge is -2.33. The predicted octanol–water partition coefficient (Wildman–Crippen LogP) is 5.35. The molecule has 1 aliphatic heterocycles. The van der Waals surface area contributed by atoms with Gasteiger partial charge in [-0.1, -0.05) is 37.1 Å². The summed E-state index contributed by atoms with van der Waals surface area (Å²) in [7, 11) is 0. The SMILES string of the molecule is CCCCc1cc(C(=O)N2CCCC[C@H]2c2ncc(Cc3ccc(Cl)cc3)o2)n[nH]1. The van der Waals surface area contributed by atoms with Crippen LogP contribution in [0, 0.1) is 0 Å². The van der Waals surface area contributed by atoms with Crippen LogP contribution in [0.4, 0.5) is 0 Å². The third kappa shape index (κ3) is 4.75. The number of aryl methyl sites for hydroxylation is 1. The Balaban J connectivity index is 1.48. The number of rotatable bonds is 7. The van der Waals surface area contributed by atoms with Crippen LogP contribution in [0.1, 0.15) is 78.5 Å². The maximum absolute atomic E-state index is 13.2. The van der Waals surface area contributed by atoms with Crippen LogP contribution in [0.25, 0.3) is 0 Å². The van der Waals surface area contributed by atoms with Gasteiger partial charge in [-0.25, -0.2) is 4.98 Å². The number of piperidine rings is 1. The minimum Gasteiger partial charge on any atom is -0.443 e. The minimum absolute atomic E-state index is 0.0591. The molecule has 3 aromatic rings. The van der Waals surface area contributed by atoms with E-state index in [2.05, 4.69) is 22.1 Å². The maximum Gasteiger partial charge on any atom is 0.275 e. The van der Waals surface area contributed by atoms with Crippen LogP contribution in [-0.4, -0.2) is 32.5 Å². The summed E-state index contributed by atoms with van der Waals surface area (Å²) in [6.07, 6.45) is 8.38. The molecule has 0 spiro atoms. The van der Waals surface area contributed by atoms with E-state index in [1.165, 1.54) is 0 Å². The van der Waals surface area contributed by atoms with E-state index in [4.69, 9.17) is 16.0 Å². The largest absolute Gasteiger partial charge is 0.443 e. The molecule has 1 N–H and O–H groups in total. The summed E-state index contributed by atoms with van der Waals surface area (Å²) in [6.45, 7) is 2.84. The number of unbranched alkanes of at least 4 members (excludes halogenated alkanes) is 1.